The number of fused-ring (bicyclic) bond motifs is 3. The molecule has 0 atom stereocenters. The molecule has 2 heterocycles. The van der Waals surface area contributed by atoms with Gasteiger partial charge in [-0.05, 0) is 70.6 Å². The zero-order valence-corrected chi connectivity index (χ0v) is 25.2. The van der Waals surface area contributed by atoms with Gasteiger partial charge in [-0.3, -0.25) is 0 Å². The first-order chi connectivity index (χ1) is 21.3. The number of ether oxygens (including phenoxy) is 2. The summed E-state index contributed by atoms with van der Waals surface area (Å²) in [6, 6.07) is 40.9. The predicted molar refractivity (Wildman–Crippen MR) is 177 cm³/mol. The summed E-state index contributed by atoms with van der Waals surface area (Å²) in [5.74, 6) is 1.21. The zero-order chi connectivity index (χ0) is 30.4. The molecule has 0 saturated heterocycles. The second-order valence-corrected chi connectivity index (χ2v) is 12.0. The number of carbonyl (C=O) groups excluding carboxylic acids is 1. The number of esters is 1. The van der Waals surface area contributed by atoms with Crippen molar-refractivity contribution in [3.8, 4) is 33.9 Å². The van der Waals surface area contributed by atoms with Gasteiger partial charge in [0.1, 0.15) is 0 Å². The second kappa shape index (κ2) is 10.7. The van der Waals surface area contributed by atoms with E-state index in [1.807, 2.05) is 48.5 Å². The Morgan fingerprint density at radius 2 is 1.30 bits per heavy atom. The van der Waals surface area contributed by atoms with Gasteiger partial charge < -0.3 is 14.4 Å². The van der Waals surface area contributed by atoms with Crippen molar-refractivity contribution in [2.45, 2.75) is 26.2 Å². The highest BCUT2D eigenvalue weighted by Crippen LogP contribution is 2.51. The lowest BCUT2D eigenvalue weighted by Gasteiger charge is -2.33. The van der Waals surface area contributed by atoms with E-state index in [2.05, 4.69) is 86.3 Å². The molecular weight excluding hydrogens is 544 g/mol. The summed E-state index contributed by atoms with van der Waals surface area (Å²) >= 11 is 0. The van der Waals surface area contributed by atoms with Crippen molar-refractivity contribution < 1.29 is 14.3 Å². The summed E-state index contributed by atoms with van der Waals surface area (Å²) < 4.78 is 11.2. The van der Waals surface area contributed by atoms with Crippen molar-refractivity contribution in [1.82, 2.24) is 4.98 Å². The van der Waals surface area contributed by atoms with Crippen molar-refractivity contribution >= 4 is 33.9 Å². The van der Waals surface area contributed by atoms with Crippen LogP contribution < -0.4 is 9.64 Å². The molecule has 1 aromatic heterocycles. The molecule has 6 aromatic rings. The number of rotatable bonds is 4. The van der Waals surface area contributed by atoms with E-state index in [0.29, 0.717) is 5.56 Å². The van der Waals surface area contributed by atoms with Crippen LogP contribution in [-0.4, -0.2) is 18.1 Å². The molecule has 0 N–H and O–H groups in total. The van der Waals surface area contributed by atoms with Crippen molar-refractivity contribution in [3.63, 3.8) is 0 Å². The topological polar surface area (TPSA) is 51.7 Å². The number of nitrogens with zero attached hydrogens (tertiary/aromatic N) is 2. The van der Waals surface area contributed by atoms with E-state index >= 15 is 0 Å². The SMILES string of the molecule is COC(=O)c1ccc(-c2cc(-c3ccc(C(C)(C)C)cc3)c3cccc(N4c5ccccc5Oc5ccccc54)c3n2)cc1. The number of hydrogen-bond acceptors (Lipinski definition) is 5. The first-order valence-corrected chi connectivity index (χ1v) is 14.7. The van der Waals surface area contributed by atoms with Gasteiger partial charge in [-0.25, -0.2) is 9.78 Å². The van der Waals surface area contributed by atoms with E-state index in [4.69, 9.17) is 14.5 Å². The van der Waals surface area contributed by atoms with Crippen molar-refractivity contribution in [2.24, 2.45) is 0 Å². The van der Waals surface area contributed by atoms with Crippen LogP contribution in [0.3, 0.4) is 0 Å². The lowest BCUT2D eigenvalue weighted by molar-refractivity contribution is 0.0600. The summed E-state index contributed by atoms with van der Waals surface area (Å²) in [7, 11) is 1.39. The average molecular weight is 577 g/mol. The molecule has 0 bridgehead atoms. The van der Waals surface area contributed by atoms with Crippen LogP contribution in [0.1, 0.15) is 36.7 Å². The van der Waals surface area contributed by atoms with Gasteiger partial charge in [0.15, 0.2) is 11.5 Å². The van der Waals surface area contributed by atoms with Crippen LogP contribution in [0.15, 0.2) is 121 Å². The van der Waals surface area contributed by atoms with E-state index < -0.39 is 0 Å². The summed E-state index contributed by atoms with van der Waals surface area (Å²) in [5.41, 5.74) is 9.45. The fourth-order valence-corrected chi connectivity index (χ4v) is 5.81. The number of benzene rings is 5. The Hall–Kier alpha value is -5.42. The summed E-state index contributed by atoms with van der Waals surface area (Å²) in [4.78, 5) is 19.7. The highest BCUT2D eigenvalue weighted by Gasteiger charge is 2.27. The Morgan fingerprint density at radius 3 is 1.91 bits per heavy atom. The van der Waals surface area contributed by atoms with E-state index in [1.54, 1.807) is 12.1 Å². The summed E-state index contributed by atoms with van der Waals surface area (Å²) in [5, 5.41) is 1.04. The Morgan fingerprint density at radius 1 is 0.705 bits per heavy atom. The molecule has 5 nitrogen and oxygen atoms in total. The highest BCUT2D eigenvalue weighted by molar-refractivity contribution is 6.06. The Kier molecular flexibility index (Phi) is 6.66. The van der Waals surface area contributed by atoms with E-state index in [0.717, 1.165) is 61.8 Å². The molecule has 7 rings (SSSR count). The number of hydrogen-bond donors (Lipinski definition) is 0. The lowest BCUT2D eigenvalue weighted by Crippen LogP contribution is -2.16. The lowest BCUT2D eigenvalue weighted by atomic mass is 9.86. The molecule has 5 heteroatoms. The minimum Gasteiger partial charge on any atom is -0.465 e. The number of anilines is 3. The maximum Gasteiger partial charge on any atom is 0.337 e. The molecular formula is C39H32N2O3. The molecule has 216 valence electrons. The van der Waals surface area contributed by atoms with Crippen LogP contribution >= 0.6 is 0 Å². The van der Waals surface area contributed by atoms with Gasteiger partial charge in [0, 0.05) is 10.9 Å². The molecule has 1 aliphatic heterocycles. The molecule has 0 spiro atoms. The Labute approximate surface area is 257 Å². The molecule has 0 radical (unpaired) electrons. The average Bonchev–Trinajstić information content (AvgIpc) is 3.06. The van der Waals surface area contributed by atoms with E-state index in [9.17, 15) is 4.79 Å². The molecule has 1 aliphatic rings. The van der Waals surface area contributed by atoms with Crippen LogP contribution in [-0.2, 0) is 10.2 Å². The largest absolute Gasteiger partial charge is 0.465 e. The van der Waals surface area contributed by atoms with Crippen LogP contribution in [0, 0.1) is 0 Å². The Bertz CT molecular complexity index is 1980. The predicted octanol–water partition coefficient (Wildman–Crippen LogP) is 10.2. The minimum atomic E-state index is -0.366. The van der Waals surface area contributed by atoms with Crippen molar-refractivity contribution in [3.05, 3.63) is 132 Å². The van der Waals surface area contributed by atoms with Crippen LogP contribution in [0.4, 0.5) is 17.1 Å². The number of pyridine rings is 1. The minimum absolute atomic E-state index is 0.0513. The van der Waals surface area contributed by atoms with Gasteiger partial charge in [0.05, 0.1) is 40.9 Å². The quantitative estimate of drug-likeness (QED) is 0.195. The molecule has 0 amide bonds. The first kappa shape index (κ1) is 27.4. The Balaban J connectivity index is 1.49. The standard InChI is InChI=1S/C39H32N2O3/c1-39(2,3)28-22-20-25(21-23-28)30-24-31(26-16-18-27(19-17-26)38(42)43-4)40-37-29(30)10-9-13-34(37)41-32-11-5-7-14-35(32)44-36-15-8-6-12-33(36)41/h5-24H,1-4H3. The summed E-state index contributed by atoms with van der Waals surface area (Å²) in [6.07, 6.45) is 0. The zero-order valence-electron chi connectivity index (χ0n) is 25.2. The fourth-order valence-electron chi connectivity index (χ4n) is 5.81. The van der Waals surface area contributed by atoms with Gasteiger partial charge in [-0.15, -0.1) is 0 Å². The third-order valence-electron chi connectivity index (χ3n) is 8.16. The maximum absolute atomic E-state index is 12.1. The normalized spacial score (nSPS) is 12.3. The molecule has 44 heavy (non-hydrogen) atoms. The summed E-state index contributed by atoms with van der Waals surface area (Å²) in [6.45, 7) is 6.68. The molecule has 0 aliphatic carbocycles. The van der Waals surface area contributed by atoms with Crippen LogP contribution in [0.5, 0.6) is 11.5 Å². The highest BCUT2D eigenvalue weighted by atomic mass is 16.5. The fraction of sp³-hybridized carbons (Fsp3) is 0.128. The van der Waals surface area contributed by atoms with Gasteiger partial charge in [-0.1, -0.05) is 93.6 Å². The molecule has 5 aromatic carbocycles. The second-order valence-electron chi connectivity index (χ2n) is 12.0. The number of para-hydroxylation sites is 5. The first-order valence-electron chi connectivity index (χ1n) is 14.7. The van der Waals surface area contributed by atoms with Gasteiger partial charge in [0.25, 0.3) is 0 Å². The number of methoxy groups -OCH3 is 1. The monoisotopic (exact) mass is 576 g/mol. The smallest absolute Gasteiger partial charge is 0.337 e. The molecule has 0 unspecified atom stereocenters. The number of carbonyl (C=O) groups is 1. The molecule has 0 saturated carbocycles. The van der Waals surface area contributed by atoms with Crippen LogP contribution in [0.25, 0.3) is 33.3 Å². The van der Waals surface area contributed by atoms with E-state index in [-0.39, 0.29) is 11.4 Å². The van der Waals surface area contributed by atoms with Crippen LogP contribution in [0.2, 0.25) is 0 Å². The van der Waals surface area contributed by atoms with Gasteiger partial charge >= 0.3 is 5.97 Å². The van der Waals surface area contributed by atoms with Gasteiger partial charge in [0.2, 0.25) is 0 Å². The van der Waals surface area contributed by atoms with E-state index in [1.165, 1.54) is 12.7 Å². The number of aromatic nitrogens is 1. The molecule has 0 fully saturated rings. The van der Waals surface area contributed by atoms with Crippen molar-refractivity contribution in [2.75, 3.05) is 12.0 Å². The third-order valence-corrected chi connectivity index (χ3v) is 8.16. The maximum atomic E-state index is 12.1. The third kappa shape index (κ3) is 4.77. The van der Waals surface area contributed by atoms with Gasteiger partial charge in [-0.2, -0.15) is 0 Å². The van der Waals surface area contributed by atoms with Crippen molar-refractivity contribution in [1.29, 1.82) is 0 Å².